The summed E-state index contributed by atoms with van der Waals surface area (Å²) in [6.45, 7) is 6.71. The van der Waals surface area contributed by atoms with E-state index in [1.54, 1.807) is 0 Å². The van der Waals surface area contributed by atoms with Crippen LogP contribution in [-0.2, 0) is 17.6 Å². The van der Waals surface area contributed by atoms with Crippen molar-refractivity contribution in [1.82, 2.24) is 5.32 Å². The maximum absolute atomic E-state index is 12.3. The molecule has 1 N–H and O–H groups in total. The van der Waals surface area contributed by atoms with Crippen molar-refractivity contribution in [2.24, 2.45) is 0 Å². The minimum Gasteiger partial charge on any atom is -0.347 e. The monoisotopic (exact) mass is 272 g/mol. The number of anilines is 1. The second-order valence-electron chi connectivity index (χ2n) is 6.67. The first-order valence-electron chi connectivity index (χ1n) is 7.14. The Hall–Kier alpha value is -1.84. The number of amides is 2. The highest BCUT2D eigenvalue weighted by atomic mass is 16.2. The van der Waals surface area contributed by atoms with Crippen LogP contribution in [0, 0.1) is 0 Å². The predicted octanol–water partition coefficient (Wildman–Crippen LogP) is 2.05. The molecule has 0 saturated heterocycles. The summed E-state index contributed by atoms with van der Waals surface area (Å²) in [5.74, 6) is 0.0994. The molecule has 1 aromatic carbocycles. The summed E-state index contributed by atoms with van der Waals surface area (Å²) in [5, 5.41) is 2.98. The maximum Gasteiger partial charge on any atom is 0.251 e. The van der Waals surface area contributed by atoms with E-state index in [4.69, 9.17) is 0 Å². The number of benzene rings is 1. The van der Waals surface area contributed by atoms with Gasteiger partial charge in [0, 0.05) is 17.6 Å². The standard InChI is InChI=1S/C16H20N2O2/c1-16(2,3)17-15(20)12-7-10-5-4-6-18-13(19)9-11(8-12)14(10)18/h7-8H,4-6,9H2,1-3H3,(H,17,20). The Bertz CT molecular complexity index is 599. The molecular formula is C16H20N2O2. The molecule has 20 heavy (non-hydrogen) atoms. The fraction of sp³-hybridized carbons (Fsp3) is 0.500. The Kier molecular flexibility index (Phi) is 2.85. The van der Waals surface area contributed by atoms with E-state index in [1.165, 1.54) is 0 Å². The van der Waals surface area contributed by atoms with Crippen LogP contribution in [0.15, 0.2) is 12.1 Å². The van der Waals surface area contributed by atoms with Crippen molar-refractivity contribution in [2.75, 3.05) is 11.4 Å². The molecule has 1 aromatic rings. The molecule has 2 aliphatic heterocycles. The third kappa shape index (κ3) is 2.19. The Labute approximate surface area is 119 Å². The number of nitrogens with zero attached hydrogens (tertiary/aromatic N) is 1. The minimum atomic E-state index is -0.255. The molecule has 2 heterocycles. The highest BCUT2D eigenvalue weighted by molar-refractivity contribution is 6.04. The Morgan fingerprint density at radius 3 is 2.65 bits per heavy atom. The molecule has 0 fully saturated rings. The quantitative estimate of drug-likeness (QED) is 0.850. The van der Waals surface area contributed by atoms with Crippen LogP contribution in [0.25, 0.3) is 0 Å². The van der Waals surface area contributed by atoms with Crippen LogP contribution < -0.4 is 10.2 Å². The summed E-state index contributed by atoms with van der Waals surface area (Å²) in [5.41, 5.74) is 3.62. The normalized spacial score (nSPS) is 17.1. The molecule has 0 spiro atoms. The number of carbonyl (C=O) groups excluding carboxylic acids is 2. The zero-order valence-electron chi connectivity index (χ0n) is 12.2. The predicted molar refractivity (Wildman–Crippen MR) is 78.0 cm³/mol. The van der Waals surface area contributed by atoms with Gasteiger partial charge in [0.05, 0.1) is 12.1 Å². The van der Waals surface area contributed by atoms with E-state index in [1.807, 2.05) is 37.8 Å². The van der Waals surface area contributed by atoms with Gasteiger partial charge in [0.25, 0.3) is 5.91 Å². The van der Waals surface area contributed by atoms with Crippen molar-refractivity contribution >= 4 is 17.5 Å². The van der Waals surface area contributed by atoms with Gasteiger partial charge >= 0.3 is 0 Å². The number of carbonyl (C=O) groups is 2. The van der Waals surface area contributed by atoms with E-state index in [9.17, 15) is 9.59 Å². The molecule has 4 heteroatoms. The zero-order chi connectivity index (χ0) is 14.5. The van der Waals surface area contributed by atoms with Gasteiger partial charge in [0.15, 0.2) is 0 Å². The molecular weight excluding hydrogens is 252 g/mol. The molecule has 0 unspecified atom stereocenters. The lowest BCUT2D eigenvalue weighted by molar-refractivity contribution is -0.117. The highest BCUT2D eigenvalue weighted by Crippen LogP contribution is 2.37. The second-order valence-corrected chi connectivity index (χ2v) is 6.67. The van der Waals surface area contributed by atoms with Crippen molar-refractivity contribution in [3.8, 4) is 0 Å². The third-order valence-electron chi connectivity index (χ3n) is 3.76. The highest BCUT2D eigenvalue weighted by Gasteiger charge is 2.33. The van der Waals surface area contributed by atoms with Gasteiger partial charge < -0.3 is 10.2 Å². The molecule has 0 radical (unpaired) electrons. The van der Waals surface area contributed by atoms with Gasteiger partial charge in [-0.1, -0.05) is 0 Å². The van der Waals surface area contributed by atoms with Gasteiger partial charge in [0.1, 0.15) is 0 Å². The Morgan fingerprint density at radius 1 is 1.25 bits per heavy atom. The summed E-state index contributed by atoms with van der Waals surface area (Å²) in [6.07, 6.45) is 2.35. The van der Waals surface area contributed by atoms with Gasteiger partial charge in [-0.2, -0.15) is 0 Å². The van der Waals surface area contributed by atoms with E-state index < -0.39 is 0 Å². The number of nitrogens with one attached hydrogen (secondary N) is 1. The summed E-state index contributed by atoms with van der Waals surface area (Å²) in [6, 6.07) is 3.83. The second kappa shape index (κ2) is 4.33. The van der Waals surface area contributed by atoms with Gasteiger partial charge in [-0.15, -0.1) is 0 Å². The molecule has 0 saturated carbocycles. The number of hydrogen-bond acceptors (Lipinski definition) is 2. The molecule has 0 atom stereocenters. The van der Waals surface area contributed by atoms with Gasteiger partial charge in [-0.05, 0) is 56.9 Å². The SMILES string of the molecule is CC(C)(C)NC(=O)c1cc2c3c(c1)CC(=O)N3CCC2. The van der Waals surface area contributed by atoms with Crippen LogP contribution in [0.2, 0.25) is 0 Å². The summed E-state index contributed by atoms with van der Waals surface area (Å²) < 4.78 is 0. The number of rotatable bonds is 1. The molecule has 2 amide bonds. The molecule has 4 nitrogen and oxygen atoms in total. The van der Waals surface area contributed by atoms with Crippen molar-refractivity contribution in [1.29, 1.82) is 0 Å². The van der Waals surface area contributed by atoms with Crippen LogP contribution in [0.5, 0.6) is 0 Å². The fourth-order valence-corrected chi connectivity index (χ4v) is 3.02. The van der Waals surface area contributed by atoms with Crippen molar-refractivity contribution in [3.05, 3.63) is 28.8 Å². The minimum absolute atomic E-state index is 0.0620. The molecule has 2 aliphatic rings. The fourth-order valence-electron chi connectivity index (χ4n) is 3.02. The van der Waals surface area contributed by atoms with Gasteiger partial charge in [-0.3, -0.25) is 9.59 Å². The number of aryl methyl sites for hydroxylation is 1. The third-order valence-corrected chi connectivity index (χ3v) is 3.76. The smallest absolute Gasteiger partial charge is 0.251 e. The van der Waals surface area contributed by atoms with Gasteiger partial charge in [-0.25, -0.2) is 0 Å². The summed E-state index contributed by atoms with van der Waals surface area (Å²) in [4.78, 5) is 26.2. The van der Waals surface area contributed by atoms with E-state index in [2.05, 4.69) is 5.32 Å². The van der Waals surface area contributed by atoms with Crippen molar-refractivity contribution in [2.45, 2.75) is 45.6 Å². The lowest BCUT2D eigenvalue weighted by Crippen LogP contribution is -2.40. The van der Waals surface area contributed by atoms with Crippen LogP contribution in [0.1, 0.15) is 48.7 Å². The largest absolute Gasteiger partial charge is 0.347 e. The molecule has 0 aliphatic carbocycles. The van der Waals surface area contributed by atoms with Gasteiger partial charge in [0.2, 0.25) is 5.91 Å². The lowest BCUT2D eigenvalue weighted by atomic mass is 9.96. The first kappa shape index (κ1) is 13.2. The van der Waals surface area contributed by atoms with Crippen molar-refractivity contribution < 1.29 is 9.59 Å². The lowest BCUT2D eigenvalue weighted by Gasteiger charge is -2.26. The molecule has 3 rings (SSSR count). The average molecular weight is 272 g/mol. The van der Waals surface area contributed by atoms with Crippen molar-refractivity contribution in [3.63, 3.8) is 0 Å². The topological polar surface area (TPSA) is 49.4 Å². The van der Waals surface area contributed by atoms with E-state index in [0.29, 0.717) is 12.0 Å². The number of hydrogen-bond donors (Lipinski definition) is 1. The Morgan fingerprint density at radius 2 is 1.95 bits per heavy atom. The van der Waals surface area contributed by atoms with Crippen LogP contribution in [0.3, 0.4) is 0 Å². The summed E-state index contributed by atoms with van der Waals surface area (Å²) in [7, 11) is 0. The van der Waals surface area contributed by atoms with E-state index in [0.717, 1.165) is 36.2 Å². The van der Waals surface area contributed by atoms with Crippen LogP contribution in [-0.4, -0.2) is 23.9 Å². The van der Waals surface area contributed by atoms with E-state index in [-0.39, 0.29) is 17.4 Å². The molecule has 0 aromatic heterocycles. The molecule has 106 valence electrons. The molecule has 0 bridgehead atoms. The average Bonchev–Trinajstić information content (AvgIpc) is 2.66. The summed E-state index contributed by atoms with van der Waals surface area (Å²) >= 11 is 0. The van der Waals surface area contributed by atoms with Crippen LogP contribution in [0.4, 0.5) is 5.69 Å². The van der Waals surface area contributed by atoms with E-state index >= 15 is 0 Å². The maximum atomic E-state index is 12.3. The van der Waals surface area contributed by atoms with Crippen LogP contribution >= 0.6 is 0 Å². The zero-order valence-corrected chi connectivity index (χ0v) is 12.2. The Balaban J connectivity index is 1.99. The first-order chi connectivity index (χ1) is 9.35. The first-order valence-corrected chi connectivity index (χ1v) is 7.14.